The first-order chi connectivity index (χ1) is 15.6. The Bertz CT molecular complexity index is 1540. The van der Waals surface area contributed by atoms with Gasteiger partial charge in [-0.25, -0.2) is 8.42 Å². The van der Waals surface area contributed by atoms with E-state index in [0.29, 0.717) is 11.1 Å². The standard InChI is InChI=1S/C26H17NO4S/c28-24(19-10-3-1-4-11-19)23-26(32(29,30)22-13-5-2-6-14-22)25(31-27-23)21-16-15-18-9-7-8-12-20(18)17-21/h1-17H. The van der Waals surface area contributed by atoms with Crippen LogP contribution in [-0.2, 0) is 9.84 Å². The average Bonchev–Trinajstić information content (AvgIpc) is 3.30. The third-order valence-corrected chi connectivity index (χ3v) is 7.04. The summed E-state index contributed by atoms with van der Waals surface area (Å²) in [6.07, 6.45) is 0. The molecule has 0 amide bonds. The first-order valence-electron chi connectivity index (χ1n) is 9.94. The van der Waals surface area contributed by atoms with Gasteiger partial charge in [-0.2, -0.15) is 0 Å². The Morgan fingerprint density at radius 3 is 2.06 bits per heavy atom. The second-order valence-corrected chi connectivity index (χ2v) is 9.15. The van der Waals surface area contributed by atoms with Gasteiger partial charge in [-0.05, 0) is 29.0 Å². The van der Waals surface area contributed by atoms with Crippen LogP contribution in [0.2, 0.25) is 0 Å². The topological polar surface area (TPSA) is 77.2 Å². The molecule has 32 heavy (non-hydrogen) atoms. The molecule has 5 rings (SSSR count). The number of hydrogen-bond donors (Lipinski definition) is 0. The monoisotopic (exact) mass is 439 g/mol. The molecule has 0 spiro atoms. The van der Waals surface area contributed by atoms with E-state index in [-0.39, 0.29) is 21.2 Å². The molecule has 0 bridgehead atoms. The summed E-state index contributed by atoms with van der Waals surface area (Å²) in [5.41, 5.74) is 0.622. The molecule has 0 fully saturated rings. The molecule has 0 radical (unpaired) electrons. The summed E-state index contributed by atoms with van der Waals surface area (Å²) >= 11 is 0. The van der Waals surface area contributed by atoms with Crippen molar-refractivity contribution in [3.05, 3.63) is 114 Å². The third-order valence-electron chi connectivity index (χ3n) is 5.23. The number of benzene rings is 4. The zero-order valence-electron chi connectivity index (χ0n) is 16.8. The van der Waals surface area contributed by atoms with Gasteiger partial charge in [0.1, 0.15) is 0 Å². The van der Waals surface area contributed by atoms with Gasteiger partial charge in [-0.1, -0.05) is 90.1 Å². The van der Waals surface area contributed by atoms with Gasteiger partial charge in [0.05, 0.1) is 4.90 Å². The SMILES string of the molecule is O=C(c1ccccc1)c1noc(-c2ccc3ccccc3c2)c1S(=O)(=O)c1ccccc1. The fraction of sp³-hybridized carbons (Fsp3) is 0. The molecule has 0 N–H and O–H groups in total. The zero-order valence-corrected chi connectivity index (χ0v) is 17.6. The van der Waals surface area contributed by atoms with Crippen molar-refractivity contribution in [2.24, 2.45) is 0 Å². The maximum Gasteiger partial charge on any atom is 0.216 e. The fourth-order valence-electron chi connectivity index (χ4n) is 3.63. The van der Waals surface area contributed by atoms with Crippen LogP contribution < -0.4 is 0 Å². The minimum absolute atomic E-state index is 0.0406. The van der Waals surface area contributed by atoms with E-state index in [2.05, 4.69) is 5.16 Å². The van der Waals surface area contributed by atoms with Crippen LogP contribution in [0, 0.1) is 0 Å². The molecule has 0 aliphatic rings. The molecule has 5 nitrogen and oxygen atoms in total. The summed E-state index contributed by atoms with van der Waals surface area (Å²) in [7, 11) is -4.09. The normalized spacial score (nSPS) is 11.5. The van der Waals surface area contributed by atoms with Crippen molar-refractivity contribution in [3.8, 4) is 11.3 Å². The van der Waals surface area contributed by atoms with Gasteiger partial charge >= 0.3 is 0 Å². The van der Waals surface area contributed by atoms with Crippen molar-refractivity contribution in [1.29, 1.82) is 0 Å². The highest BCUT2D eigenvalue weighted by molar-refractivity contribution is 7.91. The number of sulfone groups is 1. The van der Waals surface area contributed by atoms with Crippen molar-refractivity contribution < 1.29 is 17.7 Å². The second kappa shape index (κ2) is 7.90. The lowest BCUT2D eigenvalue weighted by Crippen LogP contribution is -2.11. The molecular weight excluding hydrogens is 422 g/mol. The summed E-state index contributed by atoms with van der Waals surface area (Å²) in [6, 6.07) is 29.6. The van der Waals surface area contributed by atoms with Crippen LogP contribution in [-0.4, -0.2) is 19.4 Å². The molecule has 0 saturated heterocycles. The number of fused-ring (bicyclic) bond motifs is 1. The van der Waals surface area contributed by atoms with Crippen LogP contribution in [0.15, 0.2) is 117 Å². The van der Waals surface area contributed by atoms with Gasteiger partial charge in [0.15, 0.2) is 16.3 Å². The molecule has 5 aromatic rings. The van der Waals surface area contributed by atoms with Crippen molar-refractivity contribution in [3.63, 3.8) is 0 Å². The van der Waals surface area contributed by atoms with E-state index in [0.717, 1.165) is 10.8 Å². The van der Waals surface area contributed by atoms with Crippen molar-refractivity contribution in [2.45, 2.75) is 9.79 Å². The quantitative estimate of drug-likeness (QED) is 0.335. The number of rotatable bonds is 5. The molecule has 6 heteroatoms. The third kappa shape index (κ3) is 3.40. The van der Waals surface area contributed by atoms with Crippen molar-refractivity contribution >= 4 is 26.4 Å². The summed E-state index contributed by atoms with van der Waals surface area (Å²) in [5, 5.41) is 5.86. The van der Waals surface area contributed by atoms with Crippen LogP contribution in [0.5, 0.6) is 0 Å². The zero-order chi connectivity index (χ0) is 22.1. The van der Waals surface area contributed by atoms with Crippen LogP contribution in [0.4, 0.5) is 0 Å². The average molecular weight is 439 g/mol. The van der Waals surface area contributed by atoms with Gasteiger partial charge in [0.2, 0.25) is 15.6 Å². The number of hydrogen-bond acceptors (Lipinski definition) is 5. The Morgan fingerprint density at radius 2 is 1.34 bits per heavy atom. The highest BCUT2D eigenvalue weighted by Gasteiger charge is 2.34. The van der Waals surface area contributed by atoms with E-state index in [1.807, 2.05) is 36.4 Å². The molecule has 0 aliphatic carbocycles. The van der Waals surface area contributed by atoms with Crippen molar-refractivity contribution in [2.75, 3.05) is 0 Å². The van der Waals surface area contributed by atoms with E-state index in [1.54, 1.807) is 54.6 Å². The first-order valence-corrected chi connectivity index (χ1v) is 11.4. The molecule has 0 saturated carbocycles. The van der Waals surface area contributed by atoms with E-state index in [1.165, 1.54) is 12.1 Å². The number of carbonyl (C=O) groups is 1. The Kier molecular flexibility index (Phi) is 4.92. The van der Waals surface area contributed by atoms with Gasteiger partial charge < -0.3 is 4.52 Å². The Morgan fingerprint density at radius 1 is 0.719 bits per heavy atom. The molecule has 0 unspecified atom stereocenters. The fourth-order valence-corrected chi connectivity index (χ4v) is 5.17. The van der Waals surface area contributed by atoms with E-state index < -0.39 is 15.6 Å². The maximum atomic E-state index is 13.7. The van der Waals surface area contributed by atoms with E-state index in [4.69, 9.17) is 4.52 Å². The van der Waals surface area contributed by atoms with Crippen LogP contribution in [0.25, 0.3) is 22.1 Å². The predicted octanol–water partition coefficient (Wildman–Crippen LogP) is 5.56. The molecule has 1 aromatic heterocycles. The number of aromatic nitrogens is 1. The van der Waals surface area contributed by atoms with E-state index >= 15 is 0 Å². The molecule has 4 aromatic carbocycles. The summed E-state index contributed by atoms with van der Waals surface area (Å²) < 4.78 is 32.8. The van der Waals surface area contributed by atoms with Crippen molar-refractivity contribution in [1.82, 2.24) is 5.16 Å². The minimum atomic E-state index is -4.09. The van der Waals surface area contributed by atoms with Gasteiger partial charge in [-0.3, -0.25) is 4.79 Å². The number of carbonyl (C=O) groups excluding carboxylic acids is 1. The Balaban J connectivity index is 1.76. The molecule has 0 aliphatic heterocycles. The Hall–Kier alpha value is -4.03. The second-order valence-electron chi connectivity index (χ2n) is 7.26. The summed E-state index contributed by atoms with van der Waals surface area (Å²) in [4.78, 5) is 13.0. The van der Waals surface area contributed by atoms with E-state index in [9.17, 15) is 13.2 Å². The predicted molar refractivity (Wildman–Crippen MR) is 121 cm³/mol. The molecule has 0 atom stereocenters. The van der Waals surface area contributed by atoms with Crippen LogP contribution in [0.3, 0.4) is 0 Å². The highest BCUT2D eigenvalue weighted by Crippen LogP contribution is 2.36. The van der Waals surface area contributed by atoms with Crippen LogP contribution in [0.1, 0.15) is 16.1 Å². The van der Waals surface area contributed by atoms with Gasteiger partial charge in [-0.15, -0.1) is 0 Å². The lowest BCUT2D eigenvalue weighted by molar-refractivity contribution is 0.102. The lowest BCUT2D eigenvalue weighted by Gasteiger charge is -2.07. The van der Waals surface area contributed by atoms with Gasteiger partial charge in [0.25, 0.3) is 0 Å². The highest BCUT2D eigenvalue weighted by atomic mass is 32.2. The number of ketones is 1. The first kappa shape index (κ1) is 19.9. The maximum absolute atomic E-state index is 13.7. The smallest absolute Gasteiger partial charge is 0.216 e. The summed E-state index contributed by atoms with van der Waals surface area (Å²) in [5.74, 6) is -0.477. The summed E-state index contributed by atoms with van der Waals surface area (Å²) in [6.45, 7) is 0. The number of nitrogens with zero attached hydrogens (tertiary/aromatic N) is 1. The molecular formula is C26H17NO4S. The molecule has 1 heterocycles. The lowest BCUT2D eigenvalue weighted by atomic mass is 10.0. The molecule has 156 valence electrons. The Labute approximate surface area is 184 Å². The van der Waals surface area contributed by atoms with Gasteiger partial charge in [0, 0.05) is 11.1 Å². The van der Waals surface area contributed by atoms with Crippen LogP contribution >= 0.6 is 0 Å². The minimum Gasteiger partial charge on any atom is -0.354 e. The largest absolute Gasteiger partial charge is 0.354 e.